The van der Waals surface area contributed by atoms with Gasteiger partial charge in [0.15, 0.2) is 11.5 Å². The van der Waals surface area contributed by atoms with Gasteiger partial charge in [0, 0.05) is 18.1 Å². The van der Waals surface area contributed by atoms with E-state index < -0.39 is 19.0 Å². The van der Waals surface area contributed by atoms with Crippen LogP contribution in [0, 0.1) is 0 Å². The van der Waals surface area contributed by atoms with E-state index in [4.69, 9.17) is 9.47 Å². The quantitative estimate of drug-likeness (QED) is 0.0883. The summed E-state index contributed by atoms with van der Waals surface area (Å²) in [6, 6.07) is 46.1. The van der Waals surface area contributed by atoms with E-state index in [1.54, 1.807) is 48.5 Å². The molecule has 0 spiro atoms. The van der Waals surface area contributed by atoms with Crippen LogP contribution < -0.4 is 20.7 Å². The molecule has 0 unspecified atom stereocenters. The zero-order valence-corrected chi connectivity index (χ0v) is 26.5. The van der Waals surface area contributed by atoms with Gasteiger partial charge < -0.3 is 9.47 Å². The zero-order chi connectivity index (χ0) is 31.9. The van der Waals surface area contributed by atoms with Crippen molar-refractivity contribution in [2.24, 2.45) is 0 Å². The number of hydrogen-bond acceptors (Lipinski definition) is 5. The summed E-state index contributed by atoms with van der Waals surface area (Å²) in [6.45, 7) is 1.75. The summed E-state index contributed by atoms with van der Waals surface area (Å²) in [5.74, 6) is -1.09. The Bertz CT molecular complexity index is 1780. The molecule has 1 aliphatic carbocycles. The molecule has 0 saturated carbocycles. The lowest BCUT2D eigenvalue weighted by Crippen LogP contribution is -2.33. The molecule has 0 radical (unpaired) electrons. The summed E-state index contributed by atoms with van der Waals surface area (Å²) in [5.41, 5.74) is 1.08. The fourth-order valence-electron chi connectivity index (χ4n) is 6.10. The summed E-state index contributed by atoms with van der Waals surface area (Å²) in [6.07, 6.45) is 2.85. The van der Waals surface area contributed by atoms with Crippen LogP contribution in [0.3, 0.4) is 0 Å². The first-order chi connectivity index (χ1) is 22.5. The number of carbonyl (C=O) groups is 3. The lowest BCUT2D eigenvalue weighted by atomic mass is 9.85. The van der Waals surface area contributed by atoms with E-state index in [9.17, 15) is 14.4 Å². The van der Waals surface area contributed by atoms with Crippen molar-refractivity contribution in [3.8, 4) is 5.75 Å². The molecule has 5 aromatic rings. The van der Waals surface area contributed by atoms with Crippen molar-refractivity contribution in [2.45, 2.75) is 19.8 Å². The second kappa shape index (κ2) is 13.9. The SMILES string of the molecule is CC(=O)OC1=C(c2ccc(OCCCC[P+](c3ccccc3)(c3ccccc3)c3ccccc3)cc2)C(=O)c2ccccc2C1=O. The molecule has 46 heavy (non-hydrogen) atoms. The number of esters is 1. The highest BCUT2D eigenvalue weighted by Gasteiger charge is 2.44. The molecule has 0 N–H and O–H groups in total. The normalized spacial score (nSPS) is 12.9. The van der Waals surface area contributed by atoms with Crippen LogP contribution in [0.1, 0.15) is 46.0 Å². The summed E-state index contributed by atoms with van der Waals surface area (Å²) in [4.78, 5) is 38.5. The predicted octanol–water partition coefficient (Wildman–Crippen LogP) is 7.19. The van der Waals surface area contributed by atoms with E-state index in [1.807, 2.05) is 0 Å². The number of Topliss-reactive ketones (excluding diaryl/α,β-unsaturated/α-hetero) is 2. The third kappa shape index (κ3) is 6.20. The average Bonchev–Trinajstić information content (AvgIpc) is 3.10. The van der Waals surface area contributed by atoms with Crippen molar-refractivity contribution in [2.75, 3.05) is 12.8 Å². The zero-order valence-electron chi connectivity index (χ0n) is 25.6. The number of carbonyl (C=O) groups excluding carboxylic acids is 3. The Morgan fingerprint density at radius 3 is 1.57 bits per heavy atom. The first-order valence-corrected chi connectivity index (χ1v) is 17.4. The van der Waals surface area contributed by atoms with Crippen LogP contribution in [0.25, 0.3) is 5.57 Å². The maximum atomic E-state index is 13.4. The number of ether oxygens (including phenoxy) is 2. The van der Waals surface area contributed by atoms with Crippen LogP contribution in [0.4, 0.5) is 0 Å². The van der Waals surface area contributed by atoms with Gasteiger partial charge in [0.2, 0.25) is 5.78 Å². The molecule has 0 saturated heterocycles. The van der Waals surface area contributed by atoms with Crippen molar-refractivity contribution in [3.63, 3.8) is 0 Å². The molecule has 5 aromatic carbocycles. The smallest absolute Gasteiger partial charge is 0.308 e. The standard InChI is InChI=1S/C40H34O5P/c1-29(41)45-40-37(38(42)35-21-11-12-22-36(35)39(40)43)30-23-25-31(26-24-30)44-27-13-14-28-46(32-15-5-2-6-16-32,33-17-7-3-8-18-33)34-19-9-4-10-20-34/h2-12,15-26H,13-14,27-28H2,1H3/q+1. The second-order valence-electron chi connectivity index (χ2n) is 11.1. The molecule has 0 bridgehead atoms. The van der Waals surface area contributed by atoms with Crippen molar-refractivity contribution in [1.29, 1.82) is 0 Å². The Morgan fingerprint density at radius 1 is 0.587 bits per heavy atom. The van der Waals surface area contributed by atoms with E-state index in [0.29, 0.717) is 23.5 Å². The third-order valence-electron chi connectivity index (χ3n) is 8.21. The number of rotatable bonds is 11. The van der Waals surface area contributed by atoms with Gasteiger partial charge in [-0.25, -0.2) is 0 Å². The van der Waals surface area contributed by atoms with Gasteiger partial charge >= 0.3 is 5.97 Å². The highest BCUT2D eigenvalue weighted by Crippen LogP contribution is 2.55. The molecule has 0 heterocycles. The minimum Gasteiger partial charge on any atom is -0.494 e. The highest BCUT2D eigenvalue weighted by molar-refractivity contribution is 7.95. The van der Waals surface area contributed by atoms with Gasteiger partial charge in [-0.1, -0.05) is 91.0 Å². The van der Waals surface area contributed by atoms with Gasteiger partial charge in [0.1, 0.15) is 28.9 Å². The van der Waals surface area contributed by atoms with Crippen LogP contribution in [0.5, 0.6) is 5.75 Å². The number of fused-ring (bicyclic) bond motifs is 1. The molecule has 5 nitrogen and oxygen atoms in total. The summed E-state index contributed by atoms with van der Waals surface area (Å²) in [7, 11) is -1.89. The second-order valence-corrected chi connectivity index (χ2v) is 14.7. The fourth-order valence-corrected chi connectivity index (χ4v) is 10.5. The van der Waals surface area contributed by atoms with Crippen LogP contribution in [-0.2, 0) is 9.53 Å². The molecule has 1 aliphatic rings. The minimum absolute atomic E-state index is 0.0773. The molecule has 6 heteroatoms. The van der Waals surface area contributed by atoms with Crippen molar-refractivity contribution >= 4 is 46.3 Å². The Hall–Kier alpha value is -5.12. The first kappa shape index (κ1) is 30.9. The Kier molecular flexibility index (Phi) is 9.33. The van der Waals surface area contributed by atoms with Gasteiger partial charge in [0.05, 0.1) is 18.3 Å². The largest absolute Gasteiger partial charge is 0.494 e. The maximum Gasteiger partial charge on any atom is 0.308 e. The average molecular weight is 626 g/mol. The molecular weight excluding hydrogens is 591 g/mol. The molecular formula is C40H34O5P+. The Balaban J connectivity index is 1.18. The lowest BCUT2D eigenvalue weighted by molar-refractivity contribution is -0.136. The molecule has 0 aromatic heterocycles. The summed E-state index contributed by atoms with van der Waals surface area (Å²) >= 11 is 0. The van der Waals surface area contributed by atoms with E-state index in [0.717, 1.165) is 19.0 Å². The Morgan fingerprint density at radius 2 is 1.07 bits per heavy atom. The van der Waals surface area contributed by atoms with Crippen molar-refractivity contribution < 1.29 is 23.9 Å². The highest BCUT2D eigenvalue weighted by atomic mass is 31.2. The number of hydrogen-bond donors (Lipinski definition) is 0. The predicted molar refractivity (Wildman–Crippen MR) is 185 cm³/mol. The van der Waals surface area contributed by atoms with E-state index in [2.05, 4.69) is 91.0 Å². The molecule has 228 valence electrons. The number of ketones is 2. The maximum absolute atomic E-state index is 13.4. The van der Waals surface area contributed by atoms with Crippen LogP contribution in [-0.4, -0.2) is 30.3 Å². The molecule has 0 fully saturated rings. The molecule has 6 rings (SSSR count). The number of allylic oxidation sites excluding steroid dienone is 2. The van der Waals surface area contributed by atoms with Gasteiger partial charge in [-0.05, 0) is 66.9 Å². The number of unbranched alkanes of at least 4 members (excludes halogenated alkanes) is 1. The summed E-state index contributed by atoms with van der Waals surface area (Å²) in [5, 5.41) is 4.10. The van der Waals surface area contributed by atoms with Gasteiger partial charge in [-0.2, -0.15) is 0 Å². The van der Waals surface area contributed by atoms with Crippen LogP contribution in [0.15, 0.2) is 145 Å². The van der Waals surface area contributed by atoms with Crippen molar-refractivity contribution in [3.05, 3.63) is 162 Å². The van der Waals surface area contributed by atoms with Crippen LogP contribution >= 0.6 is 7.26 Å². The molecule has 0 aliphatic heterocycles. The summed E-state index contributed by atoms with van der Waals surface area (Å²) < 4.78 is 11.4. The minimum atomic E-state index is -1.89. The third-order valence-corrected chi connectivity index (χ3v) is 12.7. The van der Waals surface area contributed by atoms with E-state index in [1.165, 1.54) is 22.8 Å². The van der Waals surface area contributed by atoms with Gasteiger partial charge in [-0.15, -0.1) is 0 Å². The van der Waals surface area contributed by atoms with E-state index >= 15 is 0 Å². The van der Waals surface area contributed by atoms with Crippen molar-refractivity contribution in [1.82, 2.24) is 0 Å². The molecule has 0 amide bonds. The monoisotopic (exact) mass is 625 g/mol. The Labute approximate surface area is 269 Å². The fraction of sp³-hybridized carbons (Fsp3) is 0.125. The van der Waals surface area contributed by atoms with E-state index in [-0.39, 0.29) is 22.7 Å². The first-order valence-electron chi connectivity index (χ1n) is 15.4. The van der Waals surface area contributed by atoms with Gasteiger partial charge in [0.25, 0.3) is 0 Å². The lowest BCUT2D eigenvalue weighted by Gasteiger charge is -2.27. The topological polar surface area (TPSA) is 69.7 Å². The molecule has 0 atom stereocenters. The van der Waals surface area contributed by atoms with Crippen LogP contribution in [0.2, 0.25) is 0 Å². The van der Waals surface area contributed by atoms with Gasteiger partial charge in [-0.3, -0.25) is 14.4 Å². The number of benzene rings is 5.